The number of amides is 2. The Morgan fingerprint density at radius 3 is 2.54 bits per heavy atom. The molecule has 2 aliphatic rings. The van der Waals surface area contributed by atoms with Crippen LogP contribution >= 0.6 is 0 Å². The summed E-state index contributed by atoms with van der Waals surface area (Å²) in [6.45, 7) is 1.24. The summed E-state index contributed by atoms with van der Waals surface area (Å²) in [5.74, 6) is 2.86. The number of methoxy groups -OCH3 is 2. The van der Waals surface area contributed by atoms with Crippen molar-refractivity contribution in [2.75, 3.05) is 27.6 Å². The minimum atomic E-state index is -0.190. The number of rotatable bonds is 7. The van der Waals surface area contributed by atoms with E-state index in [9.17, 15) is 4.79 Å². The number of fused-ring (bicyclic) bond motifs is 1. The van der Waals surface area contributed by atoms with Crippen LogP contribution in [0.15, 0.2) is 36.4 Å². The quantitative estimate of drug-likeness (QED) is 0.767. The van der Waals surface area contributed by atoms with Crippen molar-refractivity contribution < 1.29 is 23.7 Å². The molecular weight excluding hydrogens is 360 g/mol. The number of hydrogen-bond donors (Lipinski definition) is 2. The van der Waals surface area contributed by atoms with E-state index < -0.39 is 0 Å². The summed E-state index contributed by atoms with van der Waals surface area (Å²) in [6, 6.07) is 11.4. The van der Waals surface area contributed by atoms with Gasteiger partial charge in [-0.1, -0.05) is 12.1 Å². The van der Waals surface area contributed by atoms with Crippen molar-refractivity contribution in [1.29, 1.82) is 0 Å². The molecule has 2 amide bonds. The highest BCUT2D eigenvalue weighted by Gasteiger charge is 2.44. The van der Waals surface area contributed by atoms with Crippen LogP contribution in [0.5, 0.6) is 23.0 Å². The second-order valence-electron chi connectivity index (χ2n) is 7.07. The van der Waals surface area contributed by atoms with Crippen molar-refractivity contribution in [3.8, 4) is 23.0 Å². The number of hydrogen-bond acceptors (Lipinski definition) is 5. The molecule has 7 nitrogen and oxygen atoms in total. The van der Waals surface area contributed by atoms with Crippen LogP contribution in [0.3, 0.4) is 0 Å². The van der Waals surface area contributed by atoms with E-state index in [2.05, 4.69) is 10.6 Å². The van der Waals surface area contributed by atoms with Crippen LogP contribution in [-0.4, -0.2) is 33.6 Å². The molecule has 28 heavy (non-hydrogen) atoms. The van der Waals surface area contributed by atoms with Gasteiger partial charge >= 0.3 is 6.03 Å². The fraction of sp³-hybridized carbons (Fsp3) is 0.381. The van der Waals surface area contributed by atoms with E-state index in [-0.39, 0.29) is 18.2 Å². The maximum absolute atomic E-state index is 12.3. The molecule has 0 spiro atoms. The van der Waals surface area contributed by atoms with Gasteiger partial charge in [0.15, 0.2) is 23.0 Å². The van der Waals surface area contributed by atoms with E-state index in [1.165, 1.54) is 0 Å². The van der Waals surface area contributed by atoms with Crippen molar-refractivity contribution in [3.63, 3.8) is 0 Å². The Balaban J connectivity index is 1.32. The summed E-state index contributed by atoms with van der Waals surface area (Å²) >= 11 is 0. The summed E-state index contributed by atoms with van der Waals surface area (Å²) in [4.78, 5) is 12.3. The Morgan fingerprint density at radius 1 is 1.00 bits per heavy atom. The van der Waals surface area contributed by atoms with E-state index in [1.807, 2.05) is 36.4 Å². The molecule has 2 aromatic rings. The van der Waals surface area contributed by atoms with Crippen molar-refractivity contribution in [2.45, 2.75) is 24.8 Å². The van der Waals surface area contributed by atoms with Gasteiger partial charge in [-0.2, -0.15) is 0 Å². The molecule has 2 N–H and O–H groups in total. The second kappa shape index (κ2) is 7.50. The van der Waals surface area contributed by atoms with Gasteiger partial charge < -0.3 is 29.6 Å². The standard InChI is InChI=1S/C21H24N2O5/c1-25-16-6-4-15(10-18(16)26-2)21(7-8-21)12-23-20(24)22-11-14-3-5-17-19(9-14)28-13-27-17/h3-6,9-10H,7-8,11-13H2,1-2H3,(H2,22,23,24). The van der Waals surface area contributed by atoms with E-state index in [0.29, 0.717) is 30.3 Å². The molecule has 1 fully saturated rings. The summed E-state index contributed by atoms with van der Waals surface area (Å²) in [5, 5.41) is 5.89. The van der Waals surface area contributed by atoms with Crippen molar-refractivity contribution >= 4 is 6.03 Å². The molecule has 1 saturated carbocycles. The Morgan fingerprint density at radius 2 is 1.79 bits per heavy atom. The molecule has 0 saturated heterocycles. The van der Waals surface area contributed by atoms with Gasteiger partial charge in [0.05, 0.1) is 14.2 Å². The molecule has 4 rings (SSSR count). The zero-order chi connectivity index (χ0) is 19.6. The number of benzene rings is 2. The zero-order valence-corrected chi connectivity index (χ0v) is 16.0. The monoisotopic (exact) mass is 384 g/mol. The van der Waals surface area contributed by atoms with Gasteiger partial charge in [0.2, 0.25) is 6.79 Å². The predicted molar refractivity (Wildman–Crippen MR) is 103 cm³/mol. The third kappa shape index (κ3) is 3.65. The minimum Gasteiger partial charge on any atom is -0.493 e. The van der Waals surface area contributed by atoms with Gasteiger partial charge in [0.1, 0.15) is 0 Å². The normalized spacial score (nSPS) is 15.6. The highest BCUT2D eigenvalue weighted by molar-refractivity contribution is 5.74. The molecule has 0 unspecified atom stereocenters. The maximum atomic E-state index is 12.3. The molecule has 0 radical (unpaired) electrons. The molecule has 1 aliphatic carbocycles. The SMILES string of the molecule is COc1ccc(C2(CNC(=O)NCc3ccc4c(c3)OCO4)CC2)cc1OC. The van der Waals surface area contributed by atoms with Gasteiger partial charge in [-0.05, 0) is 48.2 Å². The first-order valence-electron chi connectivity index (χ1n) is 9.26. The number of carbonyl (C=O) groups is 1. The van der Waals surface area contributed by atoms with Crippen molar-refractivity contribution in [2.24, 2.45) is 0 Å². The molecule has 2 aromatic carbocycles. The van der Waals surface area contributed by atoms with Crippen LogP contribution in [0.2, 0.25) is 0 Å². The van der Waals surface area contributed by atoms with Crippen molar-refractivity contribution in [3.05, 3.63) is 47.5 Å². The van der Waals surface area contributed by atoms with Crippen LogP contribution < -0.4 is 29.6 Å². The topological polar surface area (TPSA) is 78.1 Å². The minimum absolute atomic E-state index is 0.0321. The highest BCUT2D eigenvalue weighted by Crippen LogP contribution is 2.49. The second-order valence-corrected chi connectivity index (χ2v) is 7.07. The molecule has 148 valence electrons. The highest BCUT2D eigenvalue weighted by atomic mass is 16.7. The van der Waals surface area contributed by atoms with E-state index >= 15 is 0 Å². The average Bonchev–Trinajstić information content (AvgIpc) is 3.38. The fourth-order valence-corrected chi connectivity index (χ4v) is 3.43. The molecular formula is C21H24N2O5. The Labute approximate surface area is 163 Å². The van der Waals surface area contributed by atoms with E-state index in [0.717, 1.165) is 29.7 Å². The lowest BCUT2D eigenvalue weighted by Gasteiger charge is -2.19. The summed E-state index contributed by atoms with van der Waals surface area (Å²) in [7, 11) is 3.25. The number of ether oxygens (including phenoxy) is 4. The first kappa shape index (κ1) is 18.3. The fourth-order valence-electron chi connectivity index (χ4n) is 3.43. The third-order valence-electron chi connectivity index (χ3n) is 5.33. The molecule has 0 aromatic heterocycles. The number of urea groups is 1. The maximum Gasteiger partial charge on any atom is 0.315 e. The van der Waals surface area contributed by atoms with Crippen LogP contribution in [-0.2, 0) is 12.0 Å². The van der Waals surface area contributed by atoms with Crippen LogP contribution in [0.25, 0.3) is 0 Å². The smallest absolute Gasteiger partial charge is 0.315 e. The van der Waals surface area contributed by atoms with E-state index in [1.54, 1.807) is 14.2 Å². The van der Waals surface area contributed by atoms with Crippen molar-refractivity contribution in [1.82, 2.24) is 10.6 Å². The first-order chi connectivity index (χ1) is 13.6. The molecule has 1 aliphatic heterocycles. The molecule has 0 atom stereocenters. The Kier molecular flexibility index (Phi) is 4.90. The average molecular weight is 384 g/mol. The molecule has 0 bridgehead atoms. The Hall–Kier alpha value is -3.09. The summed E-state index contributed by atoms with van der Waals surface area (Å²) in [6.07, 6.45) is 2.07. The lowest BCUT2D eigenvalue weighted by Crippen LogP contribution is -2.39. The molecule has 7 heteroatoms. The van der Waals surface area contributed by atoms with Crippen LogP contribution in [0.4, 0.5) is 4.79 Å². The first-order valence-corrected chi connectivity index (χ1v) is 9.26. The van der Waals surface area contributed by atoms with Gasteiger partial charge in [0, 0.05) is 18.5 Å². The predicted octanol–water partition coefficient (Wildman–Crippen LogP) is 2.96. The third-order valence-corrected chi connectivity index (χ3v) is 5.33. The summed E-state index contributed by atoms with van der Waals surface area (Å²) in [5.41, 5.74) is 2.08. The van der Waals surface area contributed by atoms with Gasteiger partial charge in [-0.25, -0.2) is 4.79 Å². The van der Waals surface area contributed by atoms with Gasteiger partial charge in [0.25, 0.3) is 0 Å². The zero-order valence-electron chi connectivity index (χ0n) is 16.0. The van der Waals surface area contributed by atoms with E-state index in [4.69, 9.17) is 18.9 Å². The van der Waals surface area contributed by atoms with Gasteiger partial charge in [-0.15, -0.1) is 0 Å². The molecule has 1 heterocycles. The lowest BCUT2D eigenvalue weighted by atomic mass is 9.95. The largest absolute Gasteiger partial charge is 0.493 e. The number of carbonyl (C=O) groups excluding carboxylic acids is 1. The van der Waals surface area contributed by atoms with Crippen LogP contribution in [0.1, 0.15) is 24.0 Å². The lowest BCUT2D eigenvalue weighted by molar-refractivity contribution is 0.174. The Bertz CT molecular complexity index is 879. The van der Waals surface area contributed by atoms with Crippen LogP contribution in [0, 0.1) is 0 Å². The van der Waals surface area contributed by atoms with Gasteiger partial charge in [-0.3, -0.25) is 0 Å². The summed E-state index contributed by atoms with van der Waals surface area (Å²) < 4.78 is 21.4. The number of nitrogens with one attached hydrogen (secondary N) is 2.